The quantitative estimate of drug-likeness (QED) is 0.398. The van der Waals surface area contributed by atoms with E-state index in [9.17, 15) is 9.59 Å². The number of aromatic nitrogens is 4. The summed E-state index contributed by atoms with van der Waals surface area (Å²) in [4.78, 5) is 39.6. The molecule has 1 amide bonds. The van der Waals surface area contributed by atoms with E-state index in [1.807, 2.05) is 32.9 Å². The molecule has 9 nitrogen and oxygen atoms in total. The zero-order chi connectivity index (χ0) is 25.4. The van der Waals surface area contributed by atoms with Crippen LogP contribution in [0.4, 0.5) is 16.2 Å². The van der Waals surface area contributed by atoms with Gasteiger partial charge in [-0.05, 0) is 51.0 Å². The number of nitrogens with zero attached hydrogens (tertiary/aromatic N) is 4. The SMILES string of the molecule is Cn1cc(Nc2ccnc3[nH]c(C4=CCN(C(=O)OC(C)(C)C)CC4)cc23)cc(-c2cncs2)c1=O. The highest BCUT2D eigenvalue weighted by Gasteiger charge is 2.24. The number of hydrogen-bond acceptors (Lipinski definition) is 7. The van der Waals surface area contributed by atoms with E-state index in [4.69, 9.17) is 4.74 Å². The highest BCUT2D eigenvalue weighted by atomic mass is 32.1. The van der Waals surface area contributed by atoms with E-state index in [-0.39, 0.29) is 11.7 Å². The number of aryl methyl sites for hydroxylation is 1. The predicted molar refractivity (Wildman–Crippen MR) is 143 cm³/mol. The lowest BCUT2D eigenvalue weighted by molar-refractivity contribution is 0.0270. The van der Waals surface area contributed by atoms with E-state index in [2.05, 4.69) is 32.4 Å². The third-order valence-electron chi connectivity index (χ3n) is 5.90. The average molecular weight is 505 g/mol. The summed E-state index contributed by atoms with van der Waals surface area (Å²) >= 11 is 1.43. The van der Waals surface area contributed by atoms with Gasteiger partial charge in [0.25, 0.3) is 5.56 Å². The molecule has 4 aromatic rings. The standard InChI is InChI=1S/C26H28N6O3S/c1-26(2,3)35-25(34)32-9-6-16(7-10-32)21-12-18-20(5-8-28-23(18)30-21)29-17-11-19(22-13-27-15-36-22)24(33)31(4)14-17/h5-6,8,11-15H,7,9-10H2,1-4H3,(H2,28,29,30). The number of thiazole rings is 1. The first-order valence-corrected chi connectivity index (χ1v) is 12.6. The Kier molecular flexibility index (Phi) is 6.13. The molecule has 0 saturated carbocycles. The molecule has 0 aromatic carbocycles. The second-order valence-electron chi connectivity index (χ2n) is 9.76. The van der Waals surface area contributed by atoms with Gasteiger partial charge in [-0.3, -0.25) is 9.78 Å². The maximum atomic E-state index is 12.7. The number of hydrogen-bond donors (Lipinski definition) is 2. The summed E-state index contributed by atoms with van der Waals surface area (Å²) in [6.07, 6.45) is 7.71. The van der Waals surface area contributed by atoms with Crippen molar-refractivity contribution in [2.45, 2.75) is 32.8 Å². The van der Waals surface area contributed by atoms with Gasteiger partial charge in [0, 0.05) is 49.8 Å². The number of amides is 1. The number of anilines is 2. The highest BCUT2D eigenvalue weighted by molar-refractivity contribution is 7.13. The molecular formula is C26H28N6O3S. The summed E-state index contributed by atoms with van der Waals surface area (Å²) in [6.45, 7) is 6.70. The number of H-pyrrole nitrogens is 1. The van der Waals surface area contributed by atoms with E-state index in [1.54, 1.807) is 40.6 Å². The van der Waals surface area contributed by atoms with Crippen molar-refractivity contribution in [2.75, 3.05) is 18.4 Å². The van der Waals surface area contributed by atoms with Crippen LogP contribution >= 0.6 is 11.3 Å². The van der Waals surface area contributed by atoms with E-state index < -0.39 is 5.60 Å². The van der Waals surface area contributed by atoms with Crippen LogP contribution in [-0.4, -0.2) is 49.2 Å². The zero-order valence-corrected chi connectivity index (χ0v) is 21.5. The van der Waals surface area contributed by atoms with Crippen LogP contribution in [0.2, 0.25) is 0 Å². The Morgan fingerprint density at radius 3 is 2.81 bits per heavy atom. The van der Waals surface area contributed by atoms with Gasteiger partial charge in [-0.25, -0.2) is 9.78 Å². The molecule has 0 aliphatic carbocycles. The summed E-state index contributed by atoms with van der Waals surface area (Å²) < 4.78 is 7.06. The van der Waals surface area contributed by atoms with Crippen LogP contribution in [0, 0.1) is 0 Å². The second-order valence-corrected chi connectivity index (χ2v) is 10.6. The Hall–Kier alpha value is -3.92. The van der Waals surface area contributed by atoms with Crippen molar-refractivity contribution in [3.63, 3.8) is 0 Å². The molecule has 5 rings (SSSR count). The number of aromatic amines is 1. The van der Waals surface area contributed by atoms with Crippen LogP contribution in [0.15, 0.2) is 53.2 Å². The normalized spacial score (nSPS) is 14.1. The van der Waals surface area contributed by atoms with Gasteiger partial charge in [0.05, 0.1) is 27.3 Å². The Balaban J connectivity index is 1.40. The summed E-state index contributed by atoms with van der Waals surface area (Å²) in [5.74, 6) is 0. The first-order valence-electron chi connectivity index (χ1n) is 11.7. The molecule has 4 aromatic heterocycles. The molecule has 36 heavy (non-hydrogen) atoms. The minimum atomic E-state index is -0.514. The largest absolute Gasteiger partial charge is 0.444 e. The fourth-order valence-corrected chi connectivity index (χ4v) is 4.81. The van der Waals surface area contributed by atoms with Crippen LogP contribution in [0.5, 0.6) is 0 Å². The second kappa shape index (κ2) is 9.27. The summed E-state index contributed by atoms with van der Waals surface area (Å²) in [7, 11) is 1.74. The molecule has 0 fully saturated rings. The van der Waals surface area contributed by atoms with Gasteiger partial charge in [-0.15, -0.1) is 11.3 Å². The van der Waals surface area contributed by atoms with Crippen LogP contribution in [-0.2, 0) is 11.8 Å². The molecule has 10 heteroatoms. The van der Waals surface area contributed by atoms with Crippen LogP contribution in [0.3, 0.4) is 0 Å². The Bertz CT molecular complexity index is 1510. The summed E-state index contributed by atoms with van der Waals surface area (Å²) in [5.41, 5.74) is 6.27. The first kappa shape index (κ1) is 23.8. The lowest BCUT2D eigenvalue weighted by atomic mass is 10.0. The van der Waals surface area contributed by atoms with Crippen molar-refractivity contribution < 1.29 is 9.53 Å². The van der Waals surface area contributed by atoms with Gasteiger partial charge in [-0.2, -0.15) is 0 Å². The molecule has 0 spiro atoms. The predicted octanol–water partition coefficient (Wildman–Crippen LogP) is 5.15. The third-order valence-corrected chi connectivity index (χ3v) is 6.71. The van der Waals surface area contributed by atoms with Crippen LogP contribution in [0.1, 0.15) is 32.9 Å². The molecular weight excluding hydrogens is 476 g/mol. The maximum Gasteiger partial charge on any atom is 0.410 e. The van der Waals surface area contributed by atoms with Crippen molar-refractivity contribution in [2.24, 2.45) is 7.05 Å². The number of carbonyl (C=O) groups excluding carboxylic acids is 1. The molecule has 2 N–H and O–H groups in total. The van der Waals surface area contributed by atoms with Gasteiger partial charge in [0.15, 0.2) is 0 Å². The Labute approximate surface area is 212 Å². The fourth-order valence-electron chi connectivity index (χ4n) is 4.18. The van der Waals surface area contributed by atoms with Crippen molar-refractivity contribution >= 4 is 45.4 Å². The van der Waals surface area contributed by atoms with Gasteiger partial charge in [0.2, 0.25) is 0 Å². The molecule has 0 atom stereocenters. The molecule has 5 heterocycles. The highest BCUT2D eigenvalue weighted by Crippen LogP contribution is 2.31. The van der Waals surface area contributed by atoms with E-state index >= 15 is 0 Å². The number of nitrogens with one attached hydrogen (secondary N) is 2. The summed E-state index contributed by atoms with van der Waals surface area (Å²) in [5, 5.41) is 4.39. The van der Waals surface area contributed by atoms with Gasteiger partial charge in [-0.1, -0.05) is 6.08 Å². The van der Waals surface area contributed by atoms with Gasteiger partial charge in [0.1, 0.15) is 11.2 Å². The van der Waals surface area contributed by atoms with Gasteiger partial charge < -0.3 is 24.5 Å². The number of rotatable bonds is 4. The molecule has 186 valence electrons. The topological polar surface area (TPSA) is 105 Å². The van der Waals surface area contributed by atoms with Crippen molar-refractivity contribution in [1.29, 1.82) is 0 Å². The van der Waals surface area contributed by atoms with Crippen molar-refractivity contribution in [3.8, 4) is 10.4 Å². The number of fused-ring (bicyclic) bond motifs is 1. The van der Waals surface area contributed by atoms with Crippen molar-refractivity contribution in [3.05, 3.63) is 64.4 Å². The molecule has 0 radical (unpaired) electrons. The maximum absolute atomic E-state index is 12.7. The third kappa shape index (κ3) is 4.90. The molecule has 0 unspecified atom stereocenters. The number of carbonyl (C=O) groups is 1. The molecule has 1 aliphatic rings. The van der Waals surface area contributed by atoms with Crippen molar-refractivity contribution in [1.82, 2.24) is 24.4 Å². The fraction of sp³-hybridized carbons (Fsp3) is 0.308. The lowest BCUT2D eigenvalue weighted by Crippen LogP contribution is -2.39. The molecule has 1 aliphatic heterocycles. The molecule has 0 saturated heterocycles. The average Bonchev–Trinajstić information content (AvgIpc) is 3.51. The van der Waals surface area contributed by atoms with Crippen LogP contribution in [0.25, 0.3) is 27.0 Å². The zero-order valence-electron chi connectivity index (χ0n) is 20.7. The number of pyridine rings is 2. The molecule has 0 bridgehead atoms. The van der Waals surface area contributed by atoms with Crippen LogP contribution < -0.4 is 10.9 Å². The smallest absolute Gasteiger partial charge is 0.410 e. The van der Waals surface area contributed by atoms with Gasteiger partial charge >= 0.3 is 6.09 Å². The van der Waals surface area contributed by atoms with E-state index in [0.29, 0.717) is 25.1 Å². The minimum absolute atomic E-state index is 0.0710. The lowest BCUT2D eigenvalue weighted by Gasteiger charge is -2.29. The summed E-state index contributed by atoms with van der Waals surface area (Å²) in [6, 6.07) is 5.84. The van der Waals surface area contributed by atoms with E-state index in [1.165, 1.54) is 11.3 Å². The van der Waals surface area contributed by atoms with E-state index in [0.717, 1.165) is 38.6 Å². The number of ether oxygens (including phenoxy) is 1. The Morgan fingerprint density at radius 2 is 2.11 bits per heavy atom. The Morgan fingerprint density at radius 1 is 1.28 bits per heavy atom. The monoisotopic (exact) mass is 504 g/mol. The first-order chi connectivity index (χ1) is 17.2. The minimum Gasteiger partial charge on any atom is -0.444 e.